The second-order valence-electron chi connectivity index (χ2n) is 7.37. The second-order valence-corrected chi connectivity index (χ2v) is 7.37. The Morgan fingerprint density at radius 1 is 1.13 bits per heavy atom. The Morgan fingerprint density at radius 3 is 2.87 bits per heavy atom. The summed E-state index contributed by atoms with van der Waals surface area (Å²) in [7, 11) is 1.80. The summed E-state index contributed by atoms with van der Waals surface area (Å²) in [4.78, 5) is 14.4. The van der Waals surface area contributed by atoms with E-state index in [0.29, 0.717) is 23.6 Å². The van der Waals surface area contributed by atoms with E-state index in [9.17, 15) is 9.18 Å². The minimum atomic E-state index is -0.268. The molecule has 0 aliphatic carbocycles. The lowest BCUT2D eigenvalue weighted by Crippen LogP contribution is -2.28. The molecule has 0 radical (unpaired) electrons. The van der Waals surface area contributed by atoms with Crippen molar-refractivity contribution in [3.8, 4) is 22.8 Å². The van der Waals surface area contributed by atoms with Gasteiger partial charge in [-0.3, -0.25) is 9.89 Å². The SMILES string of the molecule is CN(CCCCCc1cc(-c2cccc(F)c2)n[nH]1)C(=O)c1cccc2c1OCO2. The van der Waals surface area contributed by atoms with Crippen LogP contribution < -0.4 is 9.47 Å². The maximum atomic E-state index is 13.4. The van der Waals surface area contributed by atoms with E-state index in [-0.39, 0.29) is 18.5 Å². The Balaban J connectivity index is 1.22. The van der Waals surface area contributed by atoms with E-state index in [2.05, 4.69) is 10.2 Å². The molecule has 2 aromatic carbocycles. The van der Waals surface area contributed by atoms with Crippen LogP contribution in [0.4, 0.5) is 4.39 Å². The summed E-state index contributed by atoms with van der Waals surface area (Å²) in [6, 6.07) is 13.8. The van der Waals surface area contributed by atoms with Gasteiger partial charge in [-0.2, -0.15) is 5.10 Å². The third-order valence-corrected chi connectivity index (χ3v) is 5.16. The van der Waals surface area contributed by atoms with Gasteiger partial charge in [-0.25, -0.2) is 4.39 Å². The van der Waals surface area contributed by atoms with Crippen LogP contribution in [0.25, 0.3) is 11.3 Å². The first kappa shape index (κ1) is 19.9. The first-order valence-electron chi connectivity index (χ1n) is 10.1. The van der Waals surface area contributed by atoms with Gasteiger partial charge in [0.05, 0.1) is 11.3 Å². The Morgan fingerprint density at radius 2 is 2.00 bits per heavy atom. The number of carbonyl (C=O) groups is 1. The smallest absolute Gasteiger partial charge is 0.257 e. The van der Waals surface area contributed by atoms with Crippen LogP contribution in [-0.4, -0.2) is 41.4 Å². The molecule has 1 aliphatic heterocycles. The van der Waals surface area contributed by atoms with Crippen LogP contribution in [0.5, 0.6) is 11.5 Å². The number of nitrogens with one attached hydrogen (secondary N) is 1. The van der Waals surface area contributed by atoms with E-state index >= 15 is 0 Å². The third kappa shape index (κ3) is 4.45. The molecule has 0 atom stereocenters. The van der Waals surface area contributed by atoms with Crippen LogP contribution >= 0.6 is 0 Å². The van der Waals surface area contributed by atoms with Crippen LogP contribution in [0.15, 0.2) is 48.5 Å². The van der Waals surface area contributed by atoms with Crippen molar-refractivity contribution in [3.63, 3.8) is 0 Å². The topological polar surface area (TPSA) is 67.5 Å². The molecule has 2 heterocycles. The Hall–Kier alpha value is -3.35. The molecular weight excluding hydrogens is 385 g/mol. The van der Waals surface area contributed by atoms with Crippen LogP contribution in [0, 0.1) is 5.82 Å². The van der Waals surface area contributed by atoms with Crippen LogP contribution in [0.3, 0.4) is 0 Å². The molecule has 0 spiro atoms. The third-order valence-electron chi connectivity index (χ3n) is 5.16. The van der Waals surface area contributed by atoms with E-state index in [4.69, 9.17) is 9.47 Å². The molecule has 6 nitrogen and oxygen atoms in total. The highest BCUT2D eigenvalue weighted by atomic mass is 19.1. The van der Waals surface area contributed by atoms with Gasteiger partial charge in [-0.1, -0.05) is 24.6 Å². The fourth-order valence-corrected chi connectivity index (χ4v) is 3.53. The largest absolute Gasteiger partial charge is 0.454 e. The molecule has 1 N–H and O–H groups in total. The van der Waals surface area contributed by atoms with Gasteiger partial charge in [0, 0.05) is 24.8 Å². The van der Waals surface area contributed by atoms with Gasteiger partial charge < -0.3 is 14.4 Å². The molecule has 1 aliphatic rings. The maximum Gasteiger partial charge on any atom is 0.257 e. The van der Waals surface area contributed by atoms with E-state index in [1.165, 1.54) is 12.1 Å². The number of amides is 1. The summed E-state index contributed by atoms with van der Waals surface area (Å²) < 4.78 is 24.1. The number of fused-ring (bicyclic) bond motifs is 1. The fourth-order valence-electron chi connectivity index (χ4n) is 3.53. The van der Waals surface area contributed by atoms with Gasteiger partial charge in [0.1, 0.15) is 5.82 Å². The number of halogens is 1. The molecular formula is C23H24FN3O3. The summed E-state index contributed by atoms with van der Waals surface area (Å²) in [6.45, 7) is 0.818. The van der Waals surface area contributed by atoms with E-state index < -0.39 is 0 Å². The number of aryl methyl sites for hydroxylation is 1. The van der Waals surface area contributed by atoms with Gasteiger partial charge in [0.15, 0.2) is 11.5 Å². The number of H-pyrrole nitrogens is 1. The van der Waals surface area contributed by atoms with Crippen molar-refractivity contribution in [2.75, 3.05) is 20.4 Å². The van der Waals surface area contributed by atoms with Crippen molar-refractivity contribution in [3.05, 3.63) is 65.6 Å². The van der Waals surface area contributed by atoms with Gasteiger partial charge in [0.25, 0.3) is 5.91 Å². The summed E-state index contributed by atoms with van der Waals surface area (Å²) in [5, 5.41) is 7.30. The molecule has 0 saturated heterocycles. The quantitative estimate of drug-likeness (QED) is 0.559. The molecule has 4 rings (SSSR count). The lowest BCUT2D eigenvalue weighted by molar-refractivity contribution is 0.0788. The summed E-state index contributed by atoms with van der Waals surface area (Å²) in [5.74, 6) is 0.815. The average Bonchev–Trinajstić information content (AvgIpc) is 3.42. The van der Waals surface area contributed by atoms with Crippen LogP contribution in [0.2, 0.25) is 0 Å². The van der Waals surface area contributed by atoms with E-state index in [1.54, 1.807) is 36.2 Å². The Bertz CT molecular complexity index is 1030. The molecule has 0 unspecified atom stereocenters. The molecule has 1 amide bonds. The van der Waals surface area contributed by atoms with Crippen LogP contribution in [0.1, 0.15) is 35.3 Å². The Labute approximate surface area is 174 Å². The lowest BCUT2D eigenvalue weighted by Gasteiger charge is -2.18. The van der Waals surface area contributed by atoms with Crippen molar-refractivity contribution in [2.24, 2.45) is 0 Å². The van der Waals surface area contributed by atoms with Crippen molar-refractivity contribution in [1.82, 2.24) is 15.1 Å². The van der Waals surface area contributed by atoms with E-state index in [0.717, 1.165) is 42.6 Å². The van der Waals surface area contributed by atoms with E-state index in [1.807, 2.05) is 12.1 Å². The zero-order valence-corrected chi connectivity index (χ0v) is 16.9. The standard InChI is InChI=1S/C23H24FN3O3/c1-27(23(28)19-10-6-11-21-22(19)30-15-29-21)12-4-2-3-9-18-14-20(26-25-18)16-7-5-8-17(24)13-16/h5-8,10-11,13-14H,2-4,9,12,15H2,1H3,(H,25,26). The number of aromatic amines is 1. The highest BCUT2D eigenvalue weighted by Crippen LogP contribution is 2.35. The first-order valence-corrected chi connectivity index (χ1v) is 10.1. The molecule has 0 fully saturated rings. The van der Waals surface area contributed by atoms with Crippen molar-refractivity contribution in [2.45, 2.75) is 25.7 Å². The number of rotatable bonds is 8. The Kier molecular flexibility index (Phi) is 5.97. The number of carbonyl (C=O) groups excluding carboxylic acids is 1. The van der Waals surface area contributed by atoms with Crippen molar-refractivity contribution in [1.29, 1.82) is 0 Å². The maximum absolute atomic E-state index is 13.4. The number of nitrogens with zero attached hydrogens (tertiary/aromatic N) is 2. The number of ether oxygens (including phenoxy) is 2. The number of hydrogen-bond acceptors (Lipinski definition) is 4. The second kappa shape index (κ2) is 8.98. The summed E-state index contributed by atoms with van der Waals surface area (Å²) in [6.07, 6.45) is 3.72. The van der Waals surface area contributed by atoms with Crippen molar-refractivity contribution < 1.29 is 18.7 Å². The first-order chi connectivity index (χ1) is 14.6. The molecule has 156 valence electrons. The minimum Gasteiger partial charge on any atom is -0.454 e. The highest BCUT2D eigenvalue weighted by Gasteiger charge is 2.23. The minimum absolute atomic E-state index is 0.0642. The number of unbranched alkanes of at least 4 members (excludes halogenated alkanes) is 2. The molecule has 0 saturated carbocycles. The molecule has 3 aromatic rings. The zero-order valence-electron chi connectivity index (χ0n) is 16.9. The zero-order chi connectivity index (χ0) is 20.9. The van der Waals surface area contributed by atoms with Gasteiger partial charge in [-0.05, 0) is 49.6 Å². The summed E-state index contributed by atoms with van der Waals surface area (Å²) in [5.41, 5.74) is 3.07. The fraction of sp³-hybridized carbons (Fsp3) is 0.304. The number of benzene rings is 2. The number of aromatic nitrogens is 2. The number of para-hydroxylation sites is 1. The lowest BCUT2D eigenvalue weighted by atomic mass is 10.1. The van der Waals surface area contributed by atoms with Gasteiger partial charge in [0.2, 0.25) is 6.79 Å². The highest BCUT2D eigenvalue weighted by molar-refractivity contribution is 5.97. The predicted octanol–water partition coefficient (Wildman–Crippen LogP) is 4.43. The normalized spacial score (nSPS) is 12.2. The predicted molar refractivity (Wildman–Crippen MR) is 111 cm³/mol. The van der Waals surface area contributed by atoms with Gasteiger partial charge in [-0.15, -0.1) is 0 Å². The van der Waals surface area contributed by atoms with Crippen molar-refractivity contribution >= 4 is 5.91 Å². The molecule has 7 heteroatoms. The van der Waals surface area contributed by atoms with Gasteiger partial charge >= 0.3 is 0 Å². The average molecular weight is 409 g/mol. The number of hydrogen-bond donors (Lipinski definition) is 1. The molecule has 0 bridgehead atoms. The molecule has 30 heavy (non-hydrogen) atoms. The van der Waals surface area contributed by atoms with Crippen LogP contribution in [-0.2, 0) is 6.42 Å². The monoisotopic (exact) mass is 409 g/mol. The summed E-state index contributed by atoms with van der Waals surface area (Å²) >= 11 is 0. The molecule has 1 aromatic heterocycles.